The Hall–Kier alpha value is -0.0900. The van der Waals surface area contributed by atoms with Gasteiger partial charge in [-0.2, -0.15) is 0 Å². The van der Waals surface area contributed by atoms with Crippen LogP contribution < -0.4 is 10.6 Å². The molecule has 0 bridgehead atoms. The summed E-state index contributed by atoms with van der Waals surface area (Å²) in [6.07, 6.45) is 7.48. The summed E-state index contributed by atoms with van der Waals surface area (Å²) in [6.45, 7) is 4.42. The monoisotopic (exact) mass is 485 g/mol. The number of rotatable bonds is 5. The zero-order chi connectivity index (χ0) is 17.0. The molecule has 0 radical (unpaired) electrons. The highest BCUT2D eigenvalue weighted by molar-refractivity contribution is 14.0. The molecule has 0 aromatic rings. The maximum atomic E-state index is 11.6. The first kappa shape index (κ1) is 21.2. The predicted molar refractivity (Wildman–Crippen MR) is 111 cm³/mol. The van der Waals surface area contributed by atoms with E-state index in [0.717, 1.165) is 44.8 Å². The van der Waals surface area contributed by atoms with E-state index < -0.39 is 9.84 Å². The van der Waals surface area contributed by atoms with Gasteiger partial charge < -0.3 is 15.4 Å². The average molecular weight is 485 g/mol. The van der Waals surface area contributed by atoms with Gasteiger partial charge in [-0.3, -0.25) is 4.99 Å². The lowest BCUT2D eigenvalue weighted by Crippen LogP contribution is -2.54. The van der Waals surface area contributed by atoms with E-state index in [-0.39, 0.29) is 41.2 Å². The van der Waals surface area contributed by atoms with E-state index in [0.29, 0.717) is 18.3 Å². The molecule has 2 unspecified atom stereocenters. The van der Waals surface area contributed by atoms with Crippen molar-refractivity contribution in [2.75, 3.05) is 31.2 Å². The number of halogens is 1. The molecule has 1 spiro atoms. The van der Waals surface area contributed by atoms with Gasteiger partial charge in [-0.05, 0) is 50.9 Å². The number of sulfone groups is 1. The zero-order valence-electron chi connectivity index (χ0n) is 15.1. The van der Waals surface area contributed by atoms with E-state index in [1.54, 1.807) is 0 Å². The van der Waals surface area contributed by atoms with Gasteiger partial charge in [-0.1, -0.05) is 6.92 Å². The summed E-state index contributed by atoms with van der Waals surface area (Å²) in [5.74, 6) is 1.61. The molecular weight excluding hydrogens is 453 g/mol. The highest BCUT2D eigenvalue weighted by Gasteiger charge is 2.42. The van der Waals surface area contributed by atoms with Crippen molar-refractivity contribution >= 4 is 39.8 Å². The molecular formula is C17H32IN3O3S. The van der Waals surface area contributed by atoms with Crippen LogP contribution in [0.15, 0.2) is 4.99 Å². The SMILES string of the molecule is CCCNC(=NCC1CCS(=O)(=O)C1)NC1CCOC2(CCC2)C1.I. The van der Waals surface area contributed by atoms with Crippen LogP contribution in [0.1, 0.15) is 51.9 Å². The molecule has 1 saturated carbocycles. The van der Waals surface area contributed by atoms with E-state index in [1.165, 1.54) is 19.3 Å². The second-order valence-electron chi connectivity index (χ2n) is 7.60. The molecule has 2 saturated heterocycles. The van der Waals surface area contributed by atoms with Crippen molar-refractivity contribution in [1.82, 2.24) is 10.6 Å². The minimum atomic E-state index is -2.83. The lowest BCUT2D eigenvalue weighted by atomic mass is 9.74. The van der Waals surface area contributed by atoms with Gasteiger partial charge >= 0.3 is 0 Å². The molecule has 8 heteroatoms. The van der Waals surface area contributed by atoms with E-state index in [1.807, 2.05) is 0 Å². The van der Waals surface area contributed by atoms with Crippen LogP contribution in [0, 0.1) is 5.92 Å². The molecule has 2 heterocycles. The highest BCUT2D eigenvalue weighted by atomic mass is 127. The van der Waals surface area contributed by atoms with E-state index >= 15 is 0 Å². The minimum absolute atomic E-state index is 0. The molecule has 146 valence electrons. The summed E-state index contributed by atoms with van der Waals surface area (Å²) in [4.78, 5) is 4.68. The molecule has 2 atom stereocenters. The van der Waals surface area contributed by atoms with Crippen molar-refractivity contribution in [3.63, 3.8) is 0 Å². The van der Waals surface area contributed by atoms with Crippen molar-refractivity contribution < 1.29 is 13.2 Å². The molecule has 2 N–H and O–H groups in total. The van der Waals surface area contributed by atoms with E-state index in [4.69, 9.17) is 4.74 Å². The van der Waals surface area contributed by atoms with Gasteiger partial charge in [-0.15, -0.1) is 24.0 Å². The molecule has 0 amide bonds. The van der Waals surface area contributed by atoms with Crippen LogP contribution in [-0.2, 0) is 14.6 Å². The Kier molecular flexibility index (Phi) is 7.82. The standard InChI is InChI=1S/C17H31N3O3S.HI/c1-2-8-18-16(19-12-14-5-10-24(21,22)13-14)20-15-4-9-23-17(11-15)6-3-7-17;/h14-15H,2-13H2,1H3,(H2,18,19,20);1H. The first-order valence-corrected chi connectivity index (χ1v) is 11.2. The Labute approximate surface area is 168 Å². The fraction of sp³-hybridized carbons (Fsp3) is 0.941. The summed E-state index contributed by atoms with van der Waals surface area (Å²) in [5, 5.41) is 6.94. The van der Waals surface area contributed by atoms with Crippen LogP contribution in [0.3, 0.4) is 0 Å². The fourth-order valence-corrected chi connectivity index (χ4v) is 5.75. The van der Waals surface area contributed by atoms with Gasteiger partial charge in [0.25, 0.3) is 0 Å². The largest absolute Gasteiger partial charge is 0.375 e. The predicted octanol–water partition coefficient (Wildman–Crippen LogP) is 2.09. The maximum Gasteiger partial charge on any atom is 0.191 e. The summed E-state index contributed by atoms with van der Waals surface area (Å²) < 4.78 is 29.2. The third-order valence-corrected chi connectivity index (χ3v) is 7.31. The van der Waals surface area contributed by atoms with Gasteiger partial charge in [0.05, 0.1) is 17.1 Å². The Morgan fingerprint density at radius 1 is 1.32 bits per heavy atom. The number of guanidine groups is 1. The first-order chi connectivity index (χ1) is 11.5. The molecule has 1 aliphatic carbocycles. The van der Waals surface area contributed by atoms with Gasteiger partial charge in [0.1, 0.15) is 0 Å². The Bertz CT molecular complexity index is 563. The molecule has 3 fully saturated rings. The molecule has 25 heavy (non-hydrogen) atoms. The number of hydrogen-bond donors (Lipinski definition) is 2. The van der Waals surface area contributed by atoms with E-state index in [9.17, 15) is 8.42 Å². The smallest absolute Gasteiger partial charge is 0.191 e. The van der Waals surface area contributed by atoms with Crippen LogP contribution in [0.4, 0.5) is 0 Å². The molecule has 3 rings (SSSR count). The minimum Gasteiger partial charge on any atom is -0.375 e. The number of aliphatic imine (C=N–C) groups is 1. The van der Waals surface area contributed by atoms with Crippen molar-refractivity contribution in [3.05, 3.63) is 0 Å². The van der Waals surface area contributed by atoms with Crippen molar-refractivity contribution in [3.8, 4) is 0 Å². The topological polar surface area (TPSA) is 79.8 Å². The van der Waals surface area contributed by atoms with Crippen LogP contribution >= 0.6 is 24.0 Å². The molecule has 0 aromatic carbocycles. The van der Waals surface area contributed by atoms with Gasteiger partial charge in [-0.25, -0.2) is 8.42 Å². The van der Waals surface area contributed by atoms with Crippen molar-refractivity contribution in [2.45, 2.75) is 63.5 Å². The second-order valence-corrected chi connectivity index (χ2v) is 9.83. The third kappa shape index (κ3) is 5.95. The van der Waals surface area contributed by atoms with E-state index in [2.05, 4.69) is 22.5 Å². The number of hydrogen-bond acceptors (Lipinski definition) is 4. The highest BCUT2D eigenvalue weighted by Crippen LogP contribution is 2.42. The maximum absolute atomic E-state index is 11.6. The third-order valence-electron chi connectivity index (χ3n) is 5.48. The first-order valence-electron chi connectivity index (χ1n) is 9.39. The summed E-state index contributed by atoms with van der Waals surface area (Å²) in [7, 11) is -2.83. The lowest BCUT2D eigenvalue weighted by Gasteiger charge is -2.47. The Morgan fingerprint density at radius 2 is 2.12 bits per heavy atom. The average Bonchev–Trinajstić information content (AvgIpc) is 2.88. The number of nitrogens with zero attached hydrogens (tertiary/aromatic N) is 1. The zero-order valence-corrected chi connectivity index (χ0v) is 18.3. The van der Waals surface area contributed by atoms with Crippen LogP contribution in [0.5, 0.6) is 0 Å². The fourth-order valence-electron chi connectivity index (χ4n) is 3.90. The van der Waals surface area contributed by atoms with Gasteiger partial charge in [0.15, 0.2) is 15.8 Å². The van der Waals surface area contributed by atoms with Crippen LogP contribution in [0.25, 0.3) is 0 Å². The van der Waals surface area contributed by atoms with Crippen LogP contribution in [-0.4, -0.2) is 57.2 Å². The normalized spacial score (nSPS) is 30.4. The summed E-state index contributed by atoms with van der Waals surface area (Å²) >= 11 is 0. The van der Waals surface area contributed by atoms with Gasteiger partial charge in [0, 0.05) is 25.7 Å². The quantitative estimate of drug-likeness (QED) is 0.354. The van der Waals surface area contributed by atoms with Gasteiger partial charge in [0.2, 0.25) is 0 Å². The molecule has 0 aromatic heterocycles. The second kappa shape index (κ2) is 9.21. The number of nitrogens with one attached hydrogen (secondary N) is 2. The van der Waals surface area contributed by atoms with Crippen molar-refractivity contribution in [1.29, 1.82) is 0 Å². The number of ether oxygens (including phenoxy) is 1. The molecule has 6 nitrogen and oxygen atoms in total. The van der Waals surface area contributed by atoms with Crippen molar-refractivity contribution in [2.24, 2.45) is 10.9 Å². The Morgan fingerprint density at radius 3 is 2.72 bits per heavy atom. The molecule has 2 aliphatic heterocycles. The molecule has 3 aliphatic rings. The lowest BCUT2D eigenvalue weighted by molar-refractivity contribution is -0.134. The Balaban J connectivity index is 0.00000225. The summed E-state index contributed by atoms with van der Waals surface area (Å²) in [5.41, 5.74) is 0.116. The summed E-state index contributed by atoms with van der Waals surface area (Å²) in [6, 6.07) is 0.398. The van der Waals surface area contributed by atoms with Crippen LogP contribution in [0.2, 0.25) is 0 Å².